The van der Waals surface area contributed by atoms with Crippen LogP contribution in [0.3, 0.4) is 0 Å². The van der Waals surface area contributed by atoms with Crippen molar-refractivity contribution in [2.24, 2.45) is 0 Å². The monoisotopic (exact) mass is 457 g/mol. The third kappa shape index (κ3) is 5.53. The molecule has 0 aliphatic carbocycles. The van der Waals surface area contributed by atoms with E-state index >= 15 is 0 Å². The highest BCUT2D eigenvalue weighted by atomic mass is 16.5. The lowest BCUT2D eigenvalue weighted by molar-refractivity contribution is -0.149. The molecule has 1 aromatic heterocycles. The predicted octanol–water partition coefficient (Wildman–Crippen LogP) is 4.98. The van der Waals surface area contributed by atoms with Crippen molar-refractivity contribution in [1.82, 2.24) is 4.57 Å². The first-order valence-corrected chi connectivity index (χ1v) is 11.3. The molecule has 0 fully saturated rings. The highest BCUT2D eigenvalue weighted by Gasteiger charge is 2.17. The normalized spacial score (nSPS) is 11.9. The highest BCUT2D eigenvalue weighted by molar-refractivity contribution is 6.10. The number of hydrogen-bond donors (Lipinski definition) is 1. The first-order valence-electron chi connectivity index (χ1n) is 11.3. The smallest absolute Gasteiger partial charge is 0.333 e. The summed E-state index contributed by atoms with van der Waals surface area (Å²) in [6.07, 6.45) is 1.46. The van der Waals surface area contributed by atoms with Crippen molar-refractivity contribution in [2.75, 3.05) is 13.2 Å². The topological polar surface area (TPSA) is 77.8 Å². The van der Waals surface area contributed by atoms with Crippen LogP contribution in [0.1, 0.15) is 28.4 Å². The Morgan fingerprint density at radius 2 is 1.71 bits per heavy atom. The molecular formula is C28H27NO5. The molecule has 3 aromatic carbocycles. The Labute approximate surface area is 198 Å². The van der Waals surface area contributed by atoms with Crippen LogP contribution in [-0.4, -0.2) is 40.7 Å². The van der Waals surface area contributed by atoms with Gasteiger partial charge in [-0.15, -0.1) is 0 Å². The molecule has 0 aliphatic rings. The summed E-state index contributed by atoms with van der Waals surface area (Å²) in [4.78, 5) is 24.0. The largest absolute Gasteiger partial charge is 0.492 e. The van der Waals surface area contributed by atoms with Crippen LogP contribution in [-0.2, 0) is 22.5 Å². The first-order chi connectivity index (χ1) is 16.5. The Kier molecular flexibility index (Phi) is 7.40. The summed E-state index contributed by atoms with van der Waals surface area (Å²) in [5, 5.41) is 10.2. The van der Waals surface area contributed by atoms with Crippen molar-refractivity contribution in [3.63, 3.8) is 0 Å². The maximum absolute atomic E-state index is 12.7. The zero-order chi connectivity index (χ0) is 23.9. The molecule has 0 radical (unpaired) electrons. The van der Waals surface area contributed by atoms with E-state index in [1.54, 1.807) is 6.92 Å². The molecule has 4 aromatic rings. The average Bonchev–Trinajstić information content (AvgIpc) is 3.27. The number of carboxylic acids is 1. The van der Waals surface area contributed by atoms with Gasteiger partial charge in [-0.25, -0.2) is 4.79 Å². The number of aromatic nitrogens is 1. The molecule has 4 rings (SSSR count). The van der Waals surface area contributed by atoms with Gasteiger partial charge in [0.1, 0.15) is 12.4 Å². The van der Waals surface area contributed by atoms with E-state index < -0.39 is 12.1 Å². The number of rotatable bonds is 11. The molecular weight excluding hydrogens is 430 g/mol. The van der Waals surface area contributed by atoms with Gasteiger partial charge in [-0.3, -0.25) is 4.79 Å². The molecule has 0 amide bonds. The van der Waals surface area contributed by atoms with Crippen LogP contribution in [0.4, 0.5) is 0 Å². The maximum atomic E-state index is 12.7. The van der Waals surface area contributed by atoms with Gasteiger partial charge >= 0.3 is 5.97 Å². The Morgan fingerprint density at radius 3 is 2.41 bits per heavy atom. The number of aliphatic carboxylic acids is 1. The van der Waals surface area contributed by atoms with E-state index in [0.717, 1.165) is 22.2 Å². The van der Waals surface area contributed by atoms with E-state index in [2.05, 4.69) is 4.57 Å². The minimum absolute atomic E-state index is 0.0120. The van der Waals surface area contributed by atoms with Crippen LogP contribution in [0.25, 0.3) is 10.9 Å². The Balaban J connectivity index is 1.35. The van der Waals surface area contributed by atoms with E-state index in [1.165, 1.54) is 0 Å². The predicted molar refractivity (Wildman–Crippen MR) is 131 cm³/mol. The van der Waals surface area contributed by atoms with E-state index in [-0.39, 0.29) is 5.78 Å². The number of benzene rings is 3. The third-order valence-electron chi connectivity index (χ3n) is 5.66. The van der Waals surface area contributed by atoms with Crippen LogP contribution in [0.2, 0.25) is 0 Å². The van der Waals surface area contributed by atoms with Crippen molar-refractivity contribution in [2.45, 2.75) is 26.0 Å². The van der Waals surface area contributed by atoms with Gasteiger partial charge in [0.05, 0.1) is 6.54 Å². The van der Waals surface area contributed by atoms with Crippen molar-refractivity contribution in [3.05, 3.63) is 102 Å². The van der Waals surface area contributed by atoms with E-state index in [0.29, 0.717) is 37.3 Å². The summed E-state index contributed by atoms with van der Waals surface area (Å²) >= 11 is 0. The van der Waals surface area contributed by atoms with Crippen LogP contribution in [0.5, 0.6) is 5.75 Å². The molecule has 1 heterocycles. The Bertz CT molecular complexity index is 1260. The van der Waals surface area contributed by atoms with Gasteiger partial charge in [-0.2, -0.15) is 0 Å². The van der Waals surface area contributed by atoms with Crippen molar-refractivity contribution in [1.29, 1.82) is 0 Å². The summed E-state index contributed by atoms with van der Waals surface area (Å²) < 4.78 is 13.2. The molecule has 1 atom stereocenters. The Hall–Kier alpha value is -3.90. The lowest BCUT2D eigenvalue weighted by Gasteiger charge is -2.13. The number of fused-ring (bicyclic) bond motifs is 1. The Morgan fingerprint density at radius 1 is 0.941 bits per heavy atom. The van der Waals surface area contributed by atoms with Crippen LogP contribution in [0.15, 0.2) is 85.1 Å². The van der Waals surface area contributed by atoms with Gasteiger partial charge in [-0.1, -0.05) is 42.5 Å². The number of nitrogens with zero attached hydrogens (tertiary/aromatic N) is 1. The van der Waals surface area contributed by atoms with Gasteiger partial charge in [0.15, 0.2) is 11.9 Å². The summed E-state index contributed by atoms with van der Waals surface area (Å²) in [7, 11) is 0. The second-order valence-electron chi connectivity index (χ2n) is 7.96. The molecule has 0 aliphatic heterocycles. The molecule has 6 heteroatoms. The number of carboxylic acid groups (broad SMARTS) is 1. The first kappa shape index (κ1) is 23.3. The fourth-order valence-corrected chi connectivity index (χ4v) is 3.91. The maximum Gasteiger partial charge on any atom is 0.333 e. The fraction of sp³-hybridized carbons (Fsp3) is 0.214. The van der Waals surface area contributed by atoms with Gasteiger partial charge in [-0.05, 0) is 48.9 Å². The van der Waals surface area contributed by atoms with E-state index in [1.807, 2.05) is 85.1 Å². The molecule has 0 spiro atoms. The van der Waals surface area contributed by atoms with Crippen LogP contribution in [0, 0.1) is 0 Å². The van der Waals surface area contributed by atoms with Crippen LogP contribution < -0.4 is 4.74 Å². The van der Waals surface area contributed by atoms with Crippen molar-refractivity contribution >= 4 is 22.7 Å². The fourth-order valence-electron chi connectivity index (χ4n) is 3.91. The number of ketones is 1. The number of carbonyl (C=O) groups excluding carboxylic acids is 1. The van der Waals surface area contributed by atoms with Gasteiger partial charge in [0.25, 0.3) is 0 Å². The quantitative estimate of drug-likeness (QED) is 0.321. The molecule has 1 unspecified atom stereocenters. The minimum atomic E-state index is -0.960. The van der Waals surface area contributed by atoms with Gasteiger partial charge in [0.2, 0.25) is 0 Å². The number of hydrogen-bond acceptors (Lipinski definition) is 4. The SMILES string of the molecule is CCOC(Cc1ccc(OCCn2ccc3cc(C(=O)c4ccccc4)ccc32)cc1)C(=O)O. The zero-order valence-electron chi connectivity index (χ0n) is 19.0. The summed E-state index contributed by atoms with van der Waals surface area (Å²) in [5.74, 6) is -0.227. The second-order valence-corrected chi connectivity index (χ2v) is 7.96. The molecule has 0 saturated heterocycles. The standard InChI is InChI=1S/C28H27NO5/c1-2-33-26(28(31)32)18-20-8-11-24(12-9-20)34-17-16-29-15-14-22-19-23(10-13-25(22)29)27(30)21-6-4-3-5-7-21/h3-15,19,26H,2,16-18H2,1H3,(H,31,32). The van der Waals surface area contributed by atoms with Crippen LogP contribution >= 0.6 is 0 Å². The highest BCUT2D eigenvalue weighted by Crippen LogP contribution is 2.20. The van der Waals surface area contributed by atoms with E-state index in [4.69, 9.17) is 9.47 Å². The molecule has 0 bridgehead atoms. The molecule has 174 valence electrons. The lowest BCUT2D eigenvalue weighted by Crippen LogP contribution is -2.26. The minimum Gasteiger partial charge on any atom is -0.492 e. The van der Waals surface area contributed by atoms with E-state index in [9.17, 15) is 14.7 Å². The summed E-state index contributed by atoms with van der Waals surface area (Å²) in [6, 6.07) is 24.4. The molecule has 0 saturated carbocycles. The summed E-state index contributed by atoms with van der Waals surface area (Å²) in [5.41, 5.74) is 3.27. The van der Waals surface area contributed by atoms with Gasteiger partial charge in [0, 0.05) is 41.3 Å². The van der Waals surface area contributed by atoms with Gasteiger partial charge < -0.3 is 19.1 Å². The number of ether oxygens (including phenoxy) is 2. The zero-order valence-corrected chi connectivity index (χ0v) is 19.0. The third-order valence-corrected chi connectivity index (χ3v) is 5.66. The average molecular weight is 458 g/mol. The van der Waals surface area contributed by atoms with Crippen molar-refractivity contribution < 1.29 is 24.2 Å². The summed E-state index contributed by atoms with van der Waals surface area (Å²) in [6.45, 7) is 3.27. The lowest BCUT2D eigenvalue weighted by atomic mass is 10.0. The molecule has 6 nitrogen and oxygen atoms in total. The second kappa shape index (κ2) is 10.8. The number of carbonyl (C=O) groups is 2. The van der Waals surface area contributed by atoms with Crippen molar-refractivity contribution in [3.8, 4) is 5.75 Å². The molecule has 34 heavy (non-hydrogen) atoms. The molecule has 1 N–H and O–H groups in total.